The molecule has 0 aliphatic rings. The minimum Gasteiger partial charge on any atom is -0.340 e. The van der Waals surface area contributed by atoms with E-state index < -0.39 is 0 Å². The smallest absolute Gasteiger partial charge is 0.129 e. The van der Waals surface area contributed by atoms with Gasteiger partial charge in [0.05, 0.1) is 22.9 Å². The molecule has 6 nitrogen and oxygen atoms in total. The van der Waals surface area contributed by atoms with Gasteiger partial charge < -0.3 is 10.7 Å². The number of aryl methyl sites for hydroxylation is 1. The molecule has 19 heavy (non-hydrogen) atoms. The number of hydrogen-bond acceptors (Lipinski definition) is 4. The molecule has 98 valence electrons. The van der Waals surface area contributed by atoms with E-state index in [1.165, 1.54) is 5.56 Å². The van der Waals surface area contributed by atoms with Crippen LogP contribution in [0, 0.1) is 0 Å². The molecule has 0 amide bonds. The molecule has 6 heteroatoms. The first-order valence-corrected chi connectivity index (χ1v) is 6.35. The highest BCUT2D eigenvalue weighted by Gasteiger charge is 2.05. The SMILES string of the molecule is CCc1ccc2nc(Cn3cc(CN)nn3)[nH]c2c1. The fourth-order valence-corrected chi connectivity index (χ4v) is 2.07. The van der Waals surface area contributed by atoms with Gasteiger partial charge in [-0.3, -0.25) is 0 Å². The van der Waals surface area contributed by atoms with Gasteiger partial charge in [-0.25, -0.2) is 9.67 Å². The van der Waals surface area contributed by atoms with E-state index in [4.69, 9.17) is 5.73 Å². The zero-order valence-corrected chi connectivity index (χ0v) is 10.8. The molecule has 0 saturated heterocycles. The van der Waals surface area contributed by atoms with Crippen LogP contribution in [-0.4, -0.2) is 25.0 Å². The third kappa shape index (κ3) is 2.34. The van der Waals surface area contributed by atoms with Crippen molar-refractivity contribution in [3.8, 4) is 0 Å². The van der Waals surface area contributed by atoms with Crippen LogP contribution in [-0.2, 0) is 19.5 Å². The second kappa shape index (κ2) is 4.81. The number of aromatic nitrogens is 5. The number of nitrogens with one attached hydrogen (secondary N) is 1. The van der Waals surface area contributed by atoms with E-state index in [1.54, 1.807) is 4.68 Å². The van der Waals surface area contributed by atoms with Crippen molar-refractivity contribution in [2.45, 2.75) is 26.4 Å². The summed E-state index contributed by atoms with van der Waals surface area (Å²) in [7, 11) is 0. The summed E-state index contributed by atoms with van der Waals surface area (Å²) in [6.45, 7) is 3.12. The summed E-state index contributed by atoms with van der Waals surface area (Å²) in [4.78, 5) is 7.86. The van der Waals surface area contributed by atoms with Crippen LogP contribution in [0.25, 0.3) is 11.0 Å². The fraction of sp³-hybridized carbons (Fsp3) is 0.308. The Morgan fingerprint density at radius 2 is 2.26 bits per heavy atom. The highest BCUT2D eigenvalue weighted by molar-refractivity contribution is 5.75. The average molecular weight is 256 g/mol. The van der Waals surface area contributed by atoms with Crippen molar-refractivity contribution in [1.82, 2.24) is 25.0 Å². The van der Waals surface area contributed by atoms with Gasteiger partial charge in [0.1, 0.15) is 12.4 Å². The lowest BCUT2D eigenvalue weighted by molar-refractivity contribution is 0.630. The summed E-state index contributed by atoms with van der Waals surface area (Å²) in [5, 5.41) is 7.97. The first-order valence-electron chi connectivity index (χ1n) is 6.35. The van der Waals surface area contributed by atoms with Gasteiger partial charge in [-0.05, 0) is 24.1 Å². The van der Waals surface area contributed by atoms with E-state index in [-0.39, 0.29) is 0 Å². The molecule has 1 aromatic carbocycles. The van der Waals surface area contributed by atoms with E-state index >= 15 is 0 Å². The summed E-state index contributed by atoms with van der Waals surface area (Å²) in [6, 6.07) is 6.29. The van der Waals surface area contributed by atoms with Crippen LogP contribution in [0.5, 0.6) is 0 Å². The third-order valence-corrected chi connectivity index (χ3v) is 3.11. The zero-order valence-electron chi connectivity index (χ0n) is 10.8. The van der Waals surface area contributed by atoms with Crippen molar-refractivity contribution in [3.63, 3.8) is 0 Å². The fourth-order valence-electron chi connectivity index (χ4n) is 2.07. The van der Waals surface area contributed by atoms with Crippen LogP contribution in [0.3, 0.4) is 0 Å². The summed E-state index contributed by atoms with van der Waals surface area (Å²) >= 11 is 0. The Bertz CT molecular complexity index is 696. The molecule has 0 aliphatic heterocycles. The summed E-state index contributed by atoms with van der Waals surface area (Å²) in [5.41, 5.74) is 9.63. The van der Waals surface area contributed by atoms with Crippen molar-refractivity contribution >= 4 is 11.0 Å². The van der Waals surface area contributed by atoms with Gasteiger partial charge in [0.15, 0.2) is 0 Å². The van der Waals surface area contributed by atoms with Crippen LogP contribution in [0.4, 0.5) is 0 Å². The predicted molar refractivity (Wildman–Crippen MR) is 72.5 cm³/mol. The number of benzene rings is 1. The van der Waals surface area contributed by atoms with E-state index in [2.05, 4.69) is 39.3 Å². The lowest BCUT2D eigenvalue weighted by atomic mass is 10.1. The van der Waals surface area contributed by atoms with Gasteiger partial charge in [-0.15, -0.1) is 5.10 Å². The number of nitrogens with zero attached hydrogens (tertiary/aromatic N) is 4. The van der Waals surface area contributed by atoms with Crippen molar-refractivity contribution in [3.05, 3.63) is 41.5 Å². The Hall–Kier alpha value is -2.21. The van der Waals surface area contributed by atoms with Gasteiger partial charge in [0, 0.05) is 6.54 Å². The van der Waals surface area contributed by atoms with E-state index in [0.717, 1.165) is 29.0 Å². The number of rotatable bonds is 4. The van der Waals surface area contributed by atoms with E-state index in [0.29, 0.717) is 13.1 Å². The molecule has 3 aromatic rings. The Morgan fingerprint density at radius 1 is 1.37 bits per heavy atom. The van der Waals surface area contributed by atoms with Gasteiger partial charge in [0.25, 0.3) is 0 Å². The molecule has 0 bridgehead atoms. The number of H-pyrrole nitrogens is 1. The normalized spacial score (nSPS) is 11.3. The highest BCUT2D eigenvalue weighted by atomic mass is 15.4. The molecular formula is C13H16N6. The van der Waals surface area contributed by atoms with Crippen LogP contribution in [0.2, 0.25) is 0 Å². The highest BCUT2D eigenvalue weighted by Crippen LogP contribution is 2.14. The molecule has 0 unspecified atom stereocenters. The average Bonchev–Trinajstić information content (AvgIpc) is 3.03. The maximum absolute atomic E-state index is 5.51. The van der Waals surface area contributed by atoms with Crippen molar-refractivity contribution in [2.75, 3.05) is 0 Å². The van der Waals surface area contributed by atoms with E-state index in [9.17, 15) is 0 Å². The Kier molecular flexibility index (Phi) is 3.00. The van der Waals surface area contributed by atoms with Crippen molar-refractivity contribution < 1.29 is 0 Å². The monoisotopic (exact) mass is 256 g/mol. The Labute approximate surface area is 110 Å². The van der Waals surface area contributed by atoms with Crippen LogP contribution in [0.1, 0.15) is 24.0 Å². The maximum Gasteiger partial charge on any atom is 0.129 e. The minimum absolute atomic E-state index is 0.403. The van der Waals surface area contributed by atoms with Gasteiger partial charge in [-0.1, -0.05) is 18.2 Å². The van der Waals surface area contributed by atoms with Gasteiger partial charge >= 0.3 is 0 Å². The first kappa shape index (κ1) is 11.9. The van der Waals surface area contributed by atoms with Crippen LogP contribution >= 0.6 is 0 Å². The Morgan fingerprint density at radius 3 is 3.00 bits per heavy atom. The Balaban J connectivity index is 1.88. The lowest BCUT2D eigenvalue weighted by Gasteiger charge is -1.95. The minimum atomic E-state index is 0.403. The number of aromatic amines is 1. The van der Waals surface area contributed by atoms with Gasteiger partial charge in [0.2, 0.25) is 0 Å². The van der Waals surface area contributed by atoms with Crippen LogP contribution < -0.4 is 5.73 Å². The van der Waals surface area contributed by atoms with Gasteiger partial charge in [-0.2, -0.15) is 0 Å². The molecular weight excluding hydrogens is 240 g/mol. The quantitative estimate of drug-likeness (QED) is 0.735. The molecule has 2 aromatic heterocycles. The molecule has 0 fully saturated rings. The maximum atomic E-state index is 5.51. The predicted octanol–water partition coefficient (Wildman–Crippen LogP) is 1.22. The molecule has 0 atom stereocenters. The summed E-state index contributed by atoms with van der Waals surface area (Å²) in [6.07, 6.45) is 2.86. The summed E-state index contributed by atoms with van der Waals surface area (Å²) in [5.74, 6) is 0.872. The van der Waals surface area contributed by atoms with E-state index in [1.807, 2.05) is 12.3 Å². The molecule has 0 saturated carbocycles. The largest absolute Gasteiger partial charge is 0.340 e. The molecule has 3 N–H and O–H groups in total. The number of imidazole rings is 1. The second-order valence-electron chi connectivity index (χ2n) is 4.50. The molecule has 0 aliphatic carbocycles. The zero-order chi connectivity index (χ0) is 13.2. The topological polar surface area (TPSA) is 85.4 Å². The third-order valence-electron chi connectivity index (χ3n) is 3.11. The molecule has 0 radical (unpaired) electrons. The van der Waals surface area contributed by atoms with Crippen molar-refractivity contribution in [2.24, 2.45) is 5.73 Å². The standard InChI is InChI=1S/C13H16N6/c1-2-9-3-4-11-12(5-9)16-13(15-11)8-19-7-10(6-14)17-18-19/h3-5,7H,2,6,8,14H2,1H3,(H,15,16). The lowest BCUT2D eigenvalue weighted by Crippen LogP contribution is -2.02. The number of nitrogens with two attached hydrogens (primary N) is 1. The number of hydrogen-bond donors (Lipinski definition) is 2. The second-order valence-corrected chi connectivity index (χ2v) is 4.50. The first-order chi connectivity index (χ1) is 9.28. The number of fused-ring (bicyclic) bond motifs is 1. The molecule has 2 heterocycles. The van der Waals surface area contributed by atoms with Crippen LogP contribution in [0.15, 0.2) is 24.4 Å². The molecule has 0 spiro atoms. The summed E-state index contributed by atoms with van der Waals surface area (Å²) < 4.78 is 1.74. The van der Waals surface area contributed by atoms with Crippen molar-refractivity contribution in [1.29, 1.82) is 0 Å². The molecule has 3 rings (SSSR count).